The highest BCUT2D eigenvalue weighted by Crippen LogP contribution is 2.36. The number of carbonyl (C=O) groups excluding carboxylic acids is 6. The number of rotatable bonds is 34. The largest absolute Gasteiger partial charge is 0.463 e. The van der Waals surface area contributed by atoms with E-state index in [0.29, 0.717) is 12.8 Å². The van der Waals surface area contributed by atoms with E-state index in [2.05, 4.69) is 49.8 Å². The van der Waals surface area contributed by atoms with E-state index in [4.69, 9.17) is 47.4 Å². The molecule has 5 rings (SSSR count). The summed E-state index contributed by atoms with van der Waals surface area (Å²) in [5.74, 6) is -4.69. The Morgan fingerprint density at radius 3 is 1.18 bits per heavy atom. The molecular formula is C56H95N5O30S. The monoisotopic (exact) mass is 1350 g/mol. The number of nitrogens with one attached hydrogen (secondary N) is 5. The molecular weight excluding hydrogens is 1250 g/mol. The van der Waals surface area contributed by atoms with Crippen molar-refractivity contribution in [2.24, 2.45) is 0 Å². The normalized spacial score (nSPS) is 36.8. The summed E-state index contributed by atoms with van der Waals surface area (Å²) in [6.45, 7) is 2.42. The summed E-state index contributed by atoms with van der Waals surface area (Å²) in [7, 11) is -5.20. The minimum Gasteiger partial charge on any atom is -0.463 e. The van der Waals surface area contributed by atoms with E-state index in [-0.39, 0.29) is 6.42 Å². The van der Waals surface area contributed by atoms with Crippen LogP contribution >= 0.6 is 0 Å². The van der Waals surface area contributed by atoms with Crippen LogP contribution in [-0.2, 0) is 90.7 Å². The molecule has 0 aromatic carbocycles. The predicted molar refractivity (Wildman–Crippen MR) is 309 cm³/mol. The van der Waals surface area contributed by atoms with E-state index < -0.39 is 232 Å². The first-order chi connectivity index (χ1) is 43.5. The van der Waals surface area contributed by atoms with Gasteiger partial charge in [-0.15, -0.1) is 0 Å². The van der Waals surface area contributed by atoms with Crippen molar-refractivity contribution < 1.29 is 144 Å². The average Bonchev–Trinajstić information content (AvgIpc) is 0.783. The molecule has 5 aliphatic heterocycles. The number of ether oxygens (including phenoxy) is 10. The highest BCUT2D eigenvalue weighted by molar-refractivity contribution is 7.80. The number of allylic oxidation sites excluding steroid dienone is 2. The van der Waals surface area contributed by atoms with Crippen molar-refractivity contribution in [3.05, 3.63) is 12.2 Å². The third-order valence-electron chi connectivity index (χ3n) is 15.9. The molecule has 0 aromatic rings. The van der Waals surface area contributed by atoms with Crippen LogP contribution in [0.25, 0.3) is 0 Å². The highest BCUT2D eigenvalue weighted by atomic mass is 32.3. The fourth-order valence-electron chi connectivity index (χ4n) is 11.4. The fraction of sp³-hybridized carbons (Fsp3) is 0.857. The van der Waals surface area contributed by atoms with Gasteiger partial charge in [0.25, 0.3) is 0 Å². The Hall–Kier alpha value is -4.33. The molecule has 5 aliphatic rings. The van der Waals surface area contributed by atoms with E-state index in [1.165, 1.54) is 25.7 Å². The average molecular weight is 1350 g/mol. The minimum absolute atomic E-state index is 0.0135. The molecule has 0 aromatic heterocycles. The first-order valence-electron chi connectivity index (χ1n) is 30.8. The van der Waals surface area contributed by atoms with Gasteiger partial charge in [0.15, 0.2) is 31.5 Å². The van der Waals surface area contributed by atoms with Gasteiger partial charge in [0.05, 0.1) is 26.4 Å². The number of hydrogen-bond donors (Lipinski definition) is 16. The van der Waals surface area contributed by atoms with Gasteiger partial charge in [0.1, 0.15) is 128 Å². The minimum atomic E-state index is -5.20. The summed E-state index contributed by atoms with van der Waals surface area (Å²) in [6, 6.07) is -8.61. The number of esters is 1. The maximum atomic E-state index is 13.5. The molecule has 5 heterocycles. The Balaban J connectivity index is 1.35. The molecule has 36 heteroatoms. The standard InChI is InChI=1S/C56H95N5O30S/c1-7-8-9-10-11-12-13-14-15-16-17-18-19-20-36(70)61-38-43(72)42(71)34(24-81-30(6)69)87-53(38)88-48-31(21-62)84-54(39(45(48)74)58-27(3)66)89-49-32(22-63)85-55(40(46(49)75)59-28(4)67)90-50-33(23-64)86-56(41(47(50)76)60-29(5)68)91-51-35(25-82-92(78,79)80)83-52(77)37(44(51)73)57-26(2)65/h12-13,31-35,37-56,62-64,71-77H,7-11,14-25H2,1-6H3,(H,57,65)(H,58,66)(H,59,67)(H,60,68)(H,61,70)(H,78,79,80)/b13-12-/t31?,32?,33?,34?,35?,37?,38?,39?,40?,41?,42-,43-,44-,45-,46-,47-,48-,49-,50-,51-,52-,53+,54+,55+,56+/m1/s1. The lowest BCUT2D eigenvalue weighted by Crippen LogP contribution is -2.72. The van der Waals surface area contributed by atoms with Crippen molar-refractivity contribution in [3.8, 4) is 0 Å². The Bertz CT molecular complexity index is 2480. The van der Waals surface area contributed by atoms with Crippen LogP contribution in [0.15, 0.2) is 12.2 Å². The second kappa shape index (κ2) is 37.8. The molecule has 10 unspecified atom stereocenters. The van der Waals surface area contributed by atoms with Crippen LogP contribution in [0, 0.1) is 0 Å². The second-order valence-corrected chi connectivity index (χ2v) is 24.4. The zero-order valence-corrected chi connectivity index (χ0v) is 53.0. The van der Waals surface area contributed by atoms with Gasteiger partial charge in [-0.05, 0) is 32.1 Å². The lowest BCUT2D eigenvalue weighted by Gasteiger charge is -2.51. The molecule has 35 nitrogen and oxygen atoms in total. The van der Waals surface area contributed by atoms with Gasteiger partial charge in [-0.1, -0.05) is 57.6 Å². The van der Waals surface area contributed by atoms with Gasteiger partial charge in [-0.2, -0.15) is 8.42 Å². The Kier molecular flexibility index (Phi) is 32.2. The van der Waals surface area contributed by atoms with Crippen molar-refractivity contribution in [3.63, 3.8) is 0 Å². The van der Waals surface area contributed by atoms with Gasteiger partial charge in [-0.3, -0.25) is 33.3 Å². The van der Waals surface area contributed by atoms with Crippen LogP contribution in [0.3, 0.4) is 0 Å². The first kappa shape index (κ1) is 78.4. The zero-order chi connectivity index (χ0) is 68.1. The van der Waals surface area contributed by atoms with Gasteiger partial charge in [0, 0.05) is 41.0 Å². The van der Waals surface area contributed by atoms with Gasteiger partial charge >= 0.3 is 16.4 Å². The Labute approximate surface area is 532 Å². The summed E-state index contributed by atoms with van der Waals surface area (Å²) in [4.78, 5) is 75.8. The fourth-order valence-corrected chi connectivity index (χ4v) is 11.7. The number of aliphatic hydroxyl groups is 10. The van der Waals surface area contributed by atoms with Crippen molar-refractivity contribution in [2.45, 2.75) is 272 Å². The third kappa shape index (κ3) is 22.9. The summed E-state index contributed by atoms with van der Waals surface area (Å²) >= 11 is 0. The summed E-state index contributed by atoms with van der Waals surface area (Å²) in [6.07, 6.45) is -22.4. The number of unbranched alkanes of at least 4 members (excludes halogenated alkanes) is 9. The van der Waals surface area contributed by atoms with Crippen molar-refractivity contribution in [1.82, 2.24) is 26.6 Å². The predicted octanol–water partition coefficient (Wildman–Crippen LogP) is -5.57. The van der Waals surface area contributed by atoms with E-state index in [9.17, 15) is 92.8 Å². The summed E-state index contributed by atoms with van der Waals surface area (Å²) < 4.78 is 95.9. The van der Waals surface area contributed by atoms with Crippen LogP contribution < -0.4 is 26.6 Å². The number of hydrogen-bond acceptors (Lipinski definition) is 29. The first-order valence-corrected chi connectivity index (χ1v) is 32.2. The molecule has 92 heavy (non-hydrogen) atoms. The van der Waals surface area contributed by atoms with E-state index in [1.807, 2.05) is 0 Å². The summed E-state index contributed by atoms with van der Waals surface area (Å²) in [5.41, 5.74) is 0. The number of carbonyl (C=O) groups is 6. The molecule has 0 bridgehead atoms. The van der Waals surface area contributed by atoms with Crippen molar-refractivity contribution in [2.75, 3.05) is 33.0 Å². The van der Waals surface area contributed by atoms with Crippen LogP contribution in [0.1, 0.15) is 119 Å². The van der Waals surface area contributed by atoms with Gasteiger partial charge in [0.2, 0.25) is 29.5 Å². The maximum Gasteiger partial charge on any atom is 0.397 e. The third-order valence-corrected chi connectivity index (χ3v) is 16.4. The van der Waals surface area contributed by atoms with E-state index >= 15 is 0 Å². The van der Waals surface area contributed by atoms with Gasteiger partial charge < -0.3 is 125 Å². The number of aliphatic hydroxyl groups excluding tert-OH is 10. The van der Waals surface area contributed by atoms with Crippen LogP contribution in [0.4, 0.5) is 0 Å². The van der Waals surface area contributed by atoms with E-state index in [1.54, 1.807) is 0 Å². The quantitative estimate of drug-likeness (QED) is 0.0124. The summed E-state index contributed by atoms with van der Waals surface area (Å²) in [5, 5.41) is 126. The van der Waals surface area contributed by atoms with E-state index in [0.717, 1.165) is 66.7 Å². The smallest absolute Gasteiger partial charge is 0.397 e. The number of amides is 5. The van der Waals surface area contributed by atoms with Crippen LogP contribution in [0.2, 0.25) is 0 Å². The SMILES string of the molecule is CCCCCC/C=C\CCCCCCCC(=O)NC1[C@H](O[C@@H]2C(CO)O[C@@H](O[C@@H]3C(CO)O[C@@H](O[C@@H]4C(CO)O[C@@H](O[C@@H]5C(COS(=O)(=O)O)O[C@@H](O)C(NC(C)=O)[C@H]5O)C(NC(C)=O)[C@H]4O)C(NC(C)=O)[C@H]3O)C(NC(C)=O)[C@H]2O)OC(COC(C)=O)[C@@H](O)[C@@H]1O. The molecule has 0 radical (unpaired) electrons. The Morgan fingerprint density at radius 2 is 0.793 bits per heavy atom. The van der Waals surface area contributed by atoms with Crippen LogP contribution in [-0.4, -0.2) is 286 Å². The molecule has 5 saturated heterocycles. The molecule has 530 valence electrons. The molecule has 16 N–H and O–H groups in total. The molecule has 0 spiro atoms. The maximum absolute atomic E-state index is 13.5. The topological polar surface area (TPSA) is 521 Å². The van der Waals surface area contributed by atoms with Gasteiger partial charge in [-0.25, -0.2) is 4.18 Å². The second-order valence-electron chi connectivity index (χ2n) is 23.3. The lowest BCUT2D eigenvalue weighted by molar-refractivity contribution is -0.367. The zero-order valence-electron chi connectivity index (χ0n) is 52.2. The molecule has 25 atom stereocenters. The lowest BCUT2D eigenvalue weighted by atomic mass is 9.93. The molecule has 0 aliphatic carbocycles. The Morgan fingerprint density at radius 1 is 0.435 bits per heavy atom. The highest BCUT2D eigenvalue weighted by Gasteiger charge is 2.58. The van der Waals surface area contributed by atoms with Crippen LogP contribution in [0.5, 0.6) is 0 Å². The van der Waals surface area contributed by atoms with Crippen molar-refractivity contribution in [1.29, 1.82) is 0 Å². The molecule has 5 amide bonds. The molecule has 5 fully saturated rings. The molecule has 0 saturated carbocycles. The van der Waals surface area contributed by atoms with Crippen molar-refractivity contribution >= 4 is 45.9 Å².